The van der Waals surface area contributed by atoms with Crippen LogP contribution < -0.4 is 10.9 Å². The molecule has 0 saturated heterocycles. The second-order valence-corrected chi connectivity index (χ2v) is 4.82. The van der Waals surface area contributed by atoms with Crippen molar-refractivity contribution >= 4 is 16.9 Å². The van der Waals surface area contributed by atoms with Crippen LogP contribution in [0.5, 0.6) is 0 Å². The Labute approximate surface area is 120 Å². The first-order chi connectivity index (χ1) is 10.1. The van der Waals surface area contributed by atoms with Crippen molar-refractivity contribution in [3.63, 3.8) is 0 Å². The molecule has 5 nitrogen and oxygen atoms in total. The van der Waals surface area contributed by atoms with Crippen molar-refractivity contribution in [1.82, 2.24) is 10.3 Å². The summed E-state index contributed by atoms with van der Waals surface area (Å²) in [5.74, 6) is 0.364. The van der Waals surface area contributed by atoms with Crippen LogP contribution in [0.1, 0.15) is 29.1 Å². The van der Waals surface area contributed by atoms with Crippen LogP contribution in [0.3, 0.4) is 0 Å². The highest BCUT2D eigenvalue weighted by Gasteiger charge is 2.15. The minimum absolute atomic E-state index is 0.288. The van der Waals surface area contributed by atoms with Gasteiger partial charge in [0.05, 0.1) is 6.04 Å². The normalized spacial score (nSPS) is 12.2. The number of furan rings is 1. The van der Waals surface area contributed by atoms with E-state index in [1.807, 2.05) is 37.3 Å². The van der Waals surface area contributed by atoms with Gasteiger partial charge in [0.25, 0.3) is 5.91 Å². The van der Waals surface area contributed by atoms with Crippen molar-refractivity contribution in [3.8, 4) is 0 Å². The van der Waals surface area contributed by atoms with Crippen molar-refractivity contribution < 1.29 is 9.21 Å². The summed E-state index contributed by atoms with van der Waals surface area (Å²) in [6.45, 7) is 1.84. The van der Waals surface area contributed by atoms with Gasteiger partial charge in [-0.25, -0.2) is 0 Å². The average molecular weight is 282 g/mol. The van der Waals surface area contributed by atoms with Crippen LogP contribution in [0.15, 0.2) is 57.9 Å². The number of aromatic amines is 1. The lowest BCUT2D eigenvalue weighted by molar-refractivity contribution is 0.0935. The lowest BCUT2D eigenvalue weighted by Gasteiger charge is -2.11. The van der Waals surface area contributed by atoms with Crippen LogP contribution in [0.25, 0.3) is 11.0 Å². The molecule has 0 aliphatic carbocycles. The predicted molar refractivity (Wildman–Crippen MR) is 79.2 cm³/mol. The number of carbonyl (C=O) groups excluding carboxylic acids is 1. The standard InChI is InChI=1S/C16H14N2O3/c1-10(14-8-11-4-2-3-5-13(11)21-14)18-16(20)12-6-7-17-15(19)9-12/h2-10H,1H3,(H,17,19)(H,18,20). The maximum Gasteiger partial charge on any atom is 0.252 e. The maximum atomic E-state index is 12.1. The molecule has 1 amide bonds. The molecule has 3 rings (SSSR count). The van der Waals surface area contributed by atoms with Crippen molar-refractivity contribution in [2.45, 2.75) is 13.0 Å². The van der Waals surface area contributed by atoms with E-state index >= 15 is 0 Å². The lowest BCUT2D eigenvalue weighted by atomic mass is 10.2. The highest BCUT2D eigenvalue weighted by molar-refractivity contribution is 5.94. The number of rotatable bonds is 3. The fourth-order valence-electron chi connectivity index (χ4n) is 2.15. The van der Waals surface area contributed by atoms with E-state index in [4.69, 9.17) is 4.42 Å². The summed E-state index contributed by atoms with van der Waals surface area (Å²) >= 11 is 0. The van der Waals surface area contributed by atoms with Crippen molar-refractivity contribution in [2.24, 2.45) is 0 Å². The molecule has 2 aromatic heterocycles. The topological polar surface area (TPSA) is 75.1 Å². The number of carbonyl (C=O) groups is 1. The van der Waals surface area contributed by atoms with E-state index in [-0.39, 0.29) is 17.5 Å². The van der Waals surface area contributed by atoms with E-state index < -0.39 is 0 Å². The van der Waals surface area contributed by atoms with Crippen molar-refractivity contribution in [2.75, 3.05) is 0 Å². The summed E-state index contributed by atoms with van der Waals surface area (Å²) in [4.78, 5) is 25.8. The molecular weight excluding hydrogens is 268 g/mol. The van der Waals surface area contributed by atoms with Gasteiger partial charge in [0.1, 0.15) is 11.3 Å². The van der Waals surface area contributed by atoms with Crippen LogP contribution >= 0.6 is 0 Å². The first-order valence-electron chi connectivity index (χ1n) is 6.61. The Bertz CT molecular complexity index is 815. The SMILES string of the molecule is CC(NC(=O)c1cc[nH]c(=O)c1)c1cc2ccccc2o1. The number of nitrogens with one attached hydrogen (secondary N) is 2. The summed E-state index contributed by atoms with van der Waals surface area (Å²) in [5, 5.41) is 3.81. The van der Waals surface area contributed by atoms with Gasteiger partial charge in [-0.2, -0.15) is 0 Å². The van der Waals surface area contributed by atoms with E-state index in [9.17, 15) is 9.59 Å². The summed E-state index contributed by atoms with van der Waals surface area (Å²) in [7, 11) is 0. The molecule has 1 atom stereocenters. The number of hydrogen-bond donors (Lipinski definition) is 2. The Hall–Kier alpha value is -2.82. The number of para-hydroxylation sites is 1. The molecule has 0 aliphatic rings. The Morgan fingerprint density at radius 1 is 1.24 bits per heavy atom. The predicted octanol–water partition coefficient (Wildman–Crippen LogP) is 2.61. The minimum atomic E-state index is -0.311. The molecule has 1 aromatic carbocycles. The molecule has 2 N–H and O–H groups in total. The van der Waals surface area contributed by atoms with Gasteiger partial charge >= 0.3 is 0 Å². The van der Waals surface area contributed by atoms with Crippen LogP contribution in [0, 0.1) is 0 Å². The van der Waals surface area contributed by atoms with Crippen LogP contribution in [-0.2, 0) is 0 Å². The highest BCUT2D eigenvalue weighted by atomic mass is 16.3. The van der Waals surface area contributed by atoms with E-state index in [2.05, 4.69) is 10.3 Å². The van der Waals surface area contributed by atoms with Gasteiger partial charge in [0.2, 0.25) is 5.56 Å². The molecule has 21 heavy (non-hydrogen) atoms. The second kappa shape index (κ2) is 5.28. The van der Waals surface area contributed by atoms with Crippen LogP contribution in [0.2, 0.25) is 0 Å². The minimum Gasteiger partial charge on any atom is -0.459 e. The molecule has 0 spiro atoms. The summed E-state index contributed by atoms with van der Waals surface area (Å²) in [6.07, 6.45) is 1.45. The number of aromatic nitrogens is 1. The summed E-state index contributed by atoms with van der Waals surface area (Å²) in [6, 6.07) is 12.1. The van der Waals surface area contributed by atoms with Gasteiger partial charge in [-0.1, -0.05) is 18.2 Å². The fraction of sp³-hybridized carbons (Fsp3) is 0.125. The molecule has 0 aliphatic heterocycles. The zero-order valence-electron chi connectivity index (χ0n) is 11.4. The number of H-pyrrole nitrogens is 1. The van der Waals surface area contributed by atoms with Gasteiger partial charge in [-0.3, -0.25) is 9.59 Å². The number of hydrogen-bond acceptors (Lipinski definition) is 3. The zero-order valence-corrected chi connectivity index (χ0v) is 11.4. The average Bonchev–Trinajstić information content (AvgIpc) is 2.91. The first-order valence-corrected chi connectivity index (χ1v) is 6.61. The monoisotopic (exact) mass is 282 g/mol. The molecule has 5 heteroatoms. The van der Waals surface area contributed by atoms with Crippen molar-refractivity contribution in [3.05, 3.63) is 70.3 Å². The Morgan fingerprint density at radius 2 is 2.05 bits per heavy atom. The van der Waals surface area contributed by atoms with Crippen molar-refractivity contribution in [1.29, 1.82) is 0 Å². The molecule has 0 bridgehead atoms. The van der Waals surface area contributed by atoms with Crippen LogP contribution in [-0.4, -0.2) is 10.9 Å². The molecule has 2 heterocycles. The van der Waals surface area contributed by atoms with Crippen LogP contribution in [0.4, 0.5) is 0 Å². The highest BCUT2D eigenvalue weighted by Crippen LogP contribution is 2.23. The molecule has 0 fully saturated rings. The third kappa shape index (κ3) is 2.72. The third-order valence-electron chi connectivity index (χ3n) is 3.26. The fourth-order valence-corrected chi connectivity index (χ4v) is 2.15. The lowest BCUT2D eigenvalue weighted by Crippen LogP contribution is -2.27. The summed E-state index contributed by atoms with van der Waals surface area (Å²) < 4.78 is 5.71. The second-order valence-electron chi connectivity index (χ2n) is 4.82. The van der Waals surface area contributed by atoms with E-state index in [1.54, 1.807) is 6.07 Å². The molecule has 106 valence electrons. The van der Waals surface area contributed by atoms with Gasteiger partial charge in [-0.15, -0.1) is 0 Å². The molecule has 0 radical (unpaired) electrons. The largest absolute Gasteiger partial charge is 0.459 e. The van der Waals surface area contributed by atoms with E-state index in [0.29, 0.717) is 11.3 Å². The van der Waals surface area contributed by atoms with Gasteiger partial charge < -0.3 is 14.7 Å². The van der Waals surface area contributed by atoms with Gasteiger partial charge in [-0.05, 0) is 25.1 Å². The smallest absolute Gasteiger partial charge is 0.252 e. The number of pyridine rings is 1. The number of fused-ring (bicyclic) bond motifs is 1. The third-order valence-corrected chi connectivity index (χ3v) is 3.26. The first kappa shape index (κ1) is 13.2. The van der Waals surface area contributed by atoms with Gasteiger partial charge in [0, 0.05) is 23.2 Å². The zero-order chi connectivity index (χ0) is 14.8. The number of amides is 1. The molecule has 1 unspecified atom stereocenters. The van der Waals surface area contributed by atoms with E-state index in [1.165, 1.54) is 12.3 Å². The molecular formula is C16H14N2O3. The summed E-state index contributed by atoms with van der Waals surface area (Å²) in [5.41, 5.74) is 0.797. The maximum absolute atomic E-state index is 12.1. The Balaban J connectivity index is 1.81. The Kier molecular flexibility index (Phi) is 3.31. The Morgan fingerprint density at radius 3 is 2.81 bits per heavy atom. The quantitative estimate of drug-likeness (QED) is 0.775. The molecule has 3 aromatic rings. The molecule has 0 saturated carbocycles. The number of benzene rings is 1. The van der Waals surface area contributed by atoms with E-state index in [0.717, 1.165) is 11.0 Å². The van der Waals surface area contributed by atoms with Gasteiger partial charge in [0.15, 0.2) is 0 Å².